The molecule has 0 N–H and O–H groups in total. The molecule has 53 heavy (non-hydrogen) atoms. The Hall–Kier alpha value is -0.400. The predicted octanol–water partition coefficient (Wildman–Crippen LogP) is 18.1. The second-order valence-electron chi connectivity index (χ2n) is 16.0. The number of fused-ring (bicyclic) bond motifs is 1. The van der Waals surface area contributed by atoms with Crippen LogP contribution < -0.4 is 9.47 Å². The van der Waals surface area contributed by atoms with Gasteiger partial charge in [0.1, 0.15) is 11.0 Å². The second kappa shape index (κ2) is 36.0. The molecule has 308 valence electrons. The van der Waals surface area contributed by atoms with Crippen LogP contribution in [-0.2, 0) is 0 Å². The number of halogens is 2. The molecule has 1 aromatic heterocycles. The van der Waals surface area contributed by atoms with Crippen LogP contribution in [0.5, 0.6) is 11.5 Å². The van der Waals surface area contributed by atoms with E-state index >= 15 is 0 Å². The van der Waals surface area contributed by atoms with Gasteiger partial charge in [-0.3, -0.25) is 0 Å². The summed E-state index contributed by atoms with van der Waals surface area (Å²) in [7, 11) is 0. The summed E-state index contributed by atoms with van der Waals surface area (Å²) in [6.07, 6.45) is 49.8. The Morgan fingerprint density at radius 1 is 0.340 bits per heavy atom. The Labute approximate surface area is 349 Å². The molecule has 0 aliphatic carbocycles. The molecule has 0 aliphatic heterocycles. The van der Waals surface area contributed by atoms with E-state index in [1.54, 1.807) is 0 Å². The van der Waals surface area contributed by atoms with Crippen molar-refractivity contribution in [2.45, 2.75) is 245 Å². The van der Waals surface area contributed by atoms with Gasteiger partial charge >= 0.3 is 0 Å². The summed E-state index contributed by atoms with van der Waals surface area (Å²) >= 11 is 8.78. The summed E-state index contributed by atoms with van der Waals surface area (Å²) in [6.45, 7) is 5.99. The minimum Gasteiger partial charge on any atom is -0.488 e. The van der Waals surface area contributed by atoms with Crippen molar-refractivity contribution in [1.29, 1.82) is 0 Å². The van der Waals surface area contributed by atoms with Crippen LogP contribution >= 0.6 is 43.6 Å². The van der Waals surface area contributed by atoms with Gasteiger partial charge < -0.3 is 9.47 Å². The van der Waals surface area contributed by atoms with Crippen molar-refractivity contribution in [3.8, 4) is 11.5 Å². The number of aromatic nitrogens is 2. The summed E-state index contributed by atoms with van der Waals surface area (Å²) in [4.78, 5) is 0. The molecule has 0 aliphatic rings. The van der Waals surface area contributed by atoms with E-state index < -0.39 is 0 Å². The van der Waals surface area contributed by atoms with Gasteiger partial charge in [-0.1, -0.05) is 232 Å². The van der Waals surface area contributed by atoms with E-state index in [9.17, 15) is 0 Å². The standard InChI is InChI=1S/C46H82Br2N2O2S/c1-3-5-7-9-11-13-15-17-19-21-23-25-27-29-31-33-35-37-39-51-45-41(47)43-44(50-53-49-43)42(48)46(45)52-40-38-36-34-32-30-28-26-24-22-20-18-16-14-12-10-8-6-4-2/h3-40H2,1-2H3. The average Bonchev–Trinajstić information content (AvgIpc) is 3.67. The van der Waals surface area contributed by atoms with Crippen LogP contribution in [0, 0.1) is 0 Å². The van der Waals surface area contributed by atoms with E-state index in [4.69, 9.17) is 9.47 Å². The molecule has 0 bridgehead atoms. The van der Waals surface area contributed by atoms with Gasteiger partial charge in [0.05, 0.1) is 33.9 Å². The van der Waals surface area contributed by atoms with Crippen LogP contribution in [0.15, 0.2) is 8.95 Å². The number of ether oxygens (including phenoxy) is 2. The molecule has 4 nitrogen and oxygen atoms in total. The van der Waals surface area contributed by atoms with Crippen molar-refractivity contribution in [2.24, 2.45) is 0 Å². The third-order valence-corrected chi connectivity index (χ3v) is 13.0. The molecule has 0 atom stereocenters. The first-order valence-electron chi connectivity index (χ1n) is 23.1. The Morgan fingerprint density at radius 2 is 0.547 bits per heavy atom. The maximum Gasteiger partial charge on any atom is 0.178 e. The minimum atomic E-state index is 0.697. The highest BCUT2D eigenvalue weighted by molar-refractivity contribution is 9.11. The molecule has 0 spiro atoms. The quantitative estimate of drug-likeness (QED) is 0.0626. The summed E-state index contributed by atoms with van der Waals surface area (Å²) in [5.41, 5.74) is 1.69. The second-order valence-corrected chi connectivity index (χ2v) is 18.1. The van der Waals surface area contributed by atoms with Crippen molar-refractivity contribution < 1.29 is 9.47 Å². The molecule has 0 amide bonds. The van der Waals surface area contributed by atoms with Crippen molar-refractivity contribution >= 4 is 54.6 Å². The number of benzene rings is 1. The van der Waals surface area contributed by atoms with Gasteiger partial charge in [0.2, 0.25) is 0 Å². The maximum absolute atomic E-state index is 6.38. The smallest absolute Gasteiger partial charge is 0.178 e. The van der Waals surface area contributed by atoms with E-state index in [0.29, 0.717) is 13.2 Å². The molecular weight excluding hydrogens is 804 g/mol. The summed E-state index contributed by atoms with van der Waals surface area (Å²) < 4.78 is 23.5. The van der Waals surface area contributed by atoms with E-state index in [2.05, 4.69) is 54.5 Å². The van der Waals surface area contributed by atoms with Gasteiger partial charge in [-0.25, -0.2) is 0 Å². The van der Waals surface area contributed by atoms with Crippen LogP contribution in [0.25, 0.3) is 11.0 Å². The van der Waals surface area contributed by atoms with Gasteiger partial charge in [0.25, 0.3) is 0 Å². The van der Waals surface area contributed by atoms with E-state index in [1.807, 2.05) is 0 Å². The first-order valence-corrected chi connectivity index (χ1v) is 25.4. The first kappa shape index (κ1) is 48.7. The number of rotatable bonds is 40. The van der Waals surface area contributed by atoms with Gasteiger partial charge in [-0.2, -0.15) is 8.75 Å². The predicted molar refractivity (Wildman–Crippen MR) is 241 cm³/mol. The third kappa shape index (κ3) is 24.8. The lowest BCUT2D eigenvalue weighted by molar-refractivity contribution is 0.256. The maximum atomic E-state index is 6.38. The van der Waals surface area contributed by atoms with Crippen LogP contribution in [0.2, 0.25) is 0 Å². The number of hydrogen-bond acceptors (Lipinski definition) is 5. The molecule has 2 aromatic rings. The highest BCUT2D eigenvalue weighted by Gasteiger charge is 2.22. The highest BCUT2D eigenvalue weighted by atomic mass is 79.9. The molecule has 0 saturated carbocycles. The zero-order valence-corrected chi connectivity index (χ0v) is 38.7. The number of unbranched alkanes of at least 4 members (excludes halogenated alkanes) is 34. The fourth-order valence-corrected chi connectivity index (χ4v) is 9.44. The number of hydrogen-bond donors (Lipinski definition) is 0. The largest absolute Gasteiger partial charge is 0.488 e. The lowest BCUT2D eigenvalue weighted by atomic mass is 10.0. The number of nitrogens with zero attached hydrogens (tertiary/aromatic N) is 2. The molecule has 0 fully saturated rings. The molecular formula is C46H82Br2N2O2S. The van der Waals surface area contributed by atoms with E-state index in [1.165, 1.54) is 230 Å². The van der Waals surface area contributed by atoms with Crippen LogP contribution in [0.1, 0.15) is 245 Å². The summed E-state index contributed by atoms with van der Waals surface area (Å²) in [5, 5.41) is 0. The van der Waals surface area contributed by atoms with E-state index in [0.717, 1.165) is 44.3 Å². The SMILES string of the molecule is CCCCCCCCCCCCCCCCCCCCOc1c(OCCCCCCCCCCCCCCCCCCCC)c(Br)c2nsnc2c1Br. The molecule has 1 aromatic carbocycles. The lowest BCUT2D eigenvalue weighted by Gasteiger charge is -2.16. The minimum absolute atomic E-state index is 0.697. The van der Waals surface area contributed by atoms with Gasteiger partial charge in [-0.15, -0.1) is 0 Å². The Bertz CT molecular complexity index is 1020. The first-order chi connectivity index (χ1) is 26.2. The molecule has 2 rings (SSSR count). The molecule has 1 heterocycles. The van der Waals surface area contributed by atoms with Crippen molar-refractivity contribution in [3.63, 3.8) is 0 Å². The Balaban J connectivity index is 1.48. The Morgan fingerprint density at radius 3 is 0.774 bits per heavy atom. The van der Waals surface area contributed by atoms with Gasteiger partial charge in [0, 0.05) is 0 Å². The third-order valence-electron chi connectivity index (χ3n) is 11.0. The van der Waals surface area contributed by atoms with Crippen LogP contribution in [0.4, 0.5) is 0 Å². The van der Waals surface area contributed by atoms with Crippen molar-refractivity contribution in [2.75, 3.05) is 13.2 Å². The topological polar surface area (TPSA) is 44.2 Å². The highest BCUT2D eigenvalue weighted by Crippen LogP contribution is 2.47. The van der Waals surface area contributed by atoms with Crippen molar-refractivity contribution in [1.82, 2.24) is 8.75 Å². The Kier molecular flexibility index (Phi) is 33.1. The van der Waals surface area contributed by atoms with Crippen LogP contribution in [-0.4, -0.2) is 22.0 Å². The van der Waals surface area contributed by atoms with Gasteiger partial charge in [0.15, 0.2) is 11.5 Å². The fourth-order valence-electron chi connectivity index (χ4n) is 7.50. The normalized spacial score (nSPS) is 11.6. The lowest BCUT2D eigenvalue weighted by Crippen LogP contribution is -2.05. The monoisotopic (exact) mass is 884 g/mol. The molecule has 0 saturated heterocycles. The molecule has 7 heteroatoms. The van der Waals surface area contributed by atoms with E-state index in [-0.39, 0.29) is 0 Å². The zero-order valence-electron chi connectivity index (χ0n) is 34.7. The summed E-state index contributed by atoms with van der Waals surface area (Å²) in [5.74, 6) is 1.54. The van der Waals surface area contributed by atoms with Crippen molar-refractivity contribution in [3.05, 3.63) is 8.95 Å². The average molecular weight is 887 g/mol. The zero-order chi connectivity index (χ0) is 37.9. The fraction of sp³-hybridized carbons (Fsp3) is 0.870. The van der Waals surface area contributed by atoms with Gasteiger partial charge in [-0.05, 0) is 44.7 Å². The summed E-state index contributed by atoms with van der Waals surface area (Å²) in [6, 6.07) is 0. The van der Waals surface area contributed by atoms with Crippen LogP contribution in [0.3, 0.4) is 0 Å². The molecule has 0 radical (unpaired) electrons. The molecule has 0 unspecified atom stereocenters.